The molecule has 2 aliphatic carbocycles. The maximum absolute atomic E-state index is 2.33. The molecule has 0 amide bonds. The molecule has 0 fully saturated rings. The van der Waals surface area contributed by atoms with Gasteiger partial charge in [-0.05, 0) is 52.3 Å². The topological polar surface area (TPSA) is 0 Å². The van der Waals surface area contributed by atoms with Crippen LogP contribution in [0.5, 0.6) is 0 Å². The predicted octanol–water partition coefficient (Wildman–Crippen LogP) is 7.09. The molecule has 136 valence electrons. The summed E-state index contributed by atoms with van der Waals surface area (Å²) in [5, 5.41) is 0. The van der Waals surface area contributed by atoms with Gasteiger partial charge in [0, 0.05) is 0 Å². The molecular formula is C28H24. The smallest absolute Gasteiger partial charge is 0.0623 e. The standard InChI is InChI=1S/C28H24/c1-3-21-13-11-19-25-22(21)14-6-4-5-12-20(2)28(25)26-17-9-7-15-23(26)24-16-8-10-18-27(24)28/h4-19H,3H2,1-2H3/b5-4-,14-6-,20-12+. The van der Waals surface area contributed by atoms with Crippen LogP contribution in [0.1, 0.15) is 41.7 Å². The average Bonchev–Trinajstić information content (AvgIpc) is 3.07. The van der Waals surface area contributed by atoms with E-state index in [2.05, 4.69) is 111 Å². The van der Waals surface area contributed by atoms with Crippen LogP contribution in [0.4, 0.5) is 0 Å². The summed E-state index contributed by atoms with van der Waals surface area (Å²) in [5.74, 6) is 0. The highest BCUT2D eigenvalue weighted by atomic mass is 14.5. The van der Waals surface area contributed by atoms with E-state index in [-0.39, 0.29) is 5.41 Å². The van der Waals surface area contributed by atoms with Crippen molar-refractivity contribution in [1.82, 2.24) is 0 Å². The van der Waals surface area contributed by atoms with E-state index in [1.807, 2.05) is 0 Å². The Morgan fingerprint density at radius 1 is 0.679 bits per heavy atom. The highest BCUT2D eigenvalue weighted by Gasteiger charge is 2.46. The van der Waals surface area contributed by atoms with Crippen LogP contribution < -0.4 is 0 Å². The quantitative estimate of drug-likeness (QED) is 0.434. The number of benzene rings is 3. The van der Waals surface area contributed by atoms with Crippen molar-refractivity contribution in [3.63, 3.8) is 0 Å². The maximum atomic E-state index is 2.33. The maximum Gasteiger partial charge on any atom is 0.0679 e. The number of allylic oxidation sites excluding steroid dienone is 5. The van der Waals surface area contributed by atoms with Crippen LogP contribution in [-0.4, -0.2) is 0 Å². The molecular weight excluding hydrogens is 336 g/mol. The average molecular weight is 361 g/mol. The number of fused-ring (bicyclic) bond motifs is 7. The molecule has 0 radical (unpaired) electrons. The molecule has 0 aliphatic heterocycles. The van der Waals surface area contributed by atoms with Crippen LogP contribution >= 0.6 is 0 Å². The molecule has 0 aromatic heterocycles. The first-order valence-corrected chi connectivity index (χ1v) is 10.1. The molecule has 0 unspecified atom stereocenters. The van der Waals surface area contributed by atoms with Crippen LogP contribution in [0.2, 0.25) is 0 Å². The minimum atomic E-state index is -0.257. The molecule has 0 nitrogen and oxygen atoms in total. The number of aryl methyl sites for hydroxylation is 1. The van der Waals surface area contributed by atoms with E-state index in [0.717, 1.165) is 6.42 Å². The van der Waals surface area contributed by atoms with Crippen molar-refractivity contribution >= 4 is 6.08 Å². The van der Waals surface area contributed by atoms with Gasteiger partial charge >= 0.3 is 0 Å². The van der Waals surface area contributed by atoms with Gasteiger partial charge in [0.25, 0.3) is 0 Å². The van der Waals surface area contributed by atoms with Crippen molar-refractivity contribution in [2.24, 2.45) is 0 Å². The predicted molar refractivity (Wildman–Crippen MR) is 120 cm³/mol. The Hall–Kier alpha value is -3.12. The van der Waals surface area contributed by atoms with Crippen molar-refractivity contribution in [2.75, 3.05) is 0 Å². The van der Waals surface area contributed by atoms with Gasteiger partial charge in [0.15, 0.2) is 0 Å². The Balaban J connectivity index is 2.01. The molecule has 0 bridgehead atoms. The number of rotatable bonds is 1. The third-order valence-corrected chi connectivity index (χ3v) is 6.36. The Bertz CT molecular complexity index is 1110. The van der Waals surface area contributed by atoms with Gasteiger partial charge in [-0.3, -0.25) is 0 Å². The Morgan fingerprint density at radius 2 is 1.32 bits per heavy atom. The van der Waals surface area contributed by atoms with Gasteiger partial charge in [-0.25, -0.2) is 0 Å². The fourth-order valence-electron chi connectivity index (χ4n) is 5.15. The van der Waals surface area contributed by atoms with Gasteiger partial charge < -0.3 is 0 Å². The first kappa shape index (κ1) is 17.0. The zero-order valence-corrected chi connectivity index (χ0v) is 16.4. The van der Waals surface area contributed by atoms with Crippen LogP contribution in [0.15, 0.2) is 96.6 Å². The summed E-state index contributed by atoms with van der Waals surface area (Å²) in [6.45, 7) is 4.54. The summed E-state index contributed by atoms with van der Waals surface area (Å²) >= 11 is 0. The molecule has 2 aliphatic rings. The third kappa shape index (κ3) is 2.18. The van der Waals surface area contributed by atoms with Gasteiger partial charge in [0.2, 0.25) is 0 Å². The second-order valence-corrected chi connectivity index (χ2v) is 7.67. The molecule has 3 aromatic rings. The fraction of sp³-hybridized carbons (Fsp3) is 0.143. The van der Waals surface area contributed by atoms with Gasteiger partial charge in [-0.1, -0.05) is 110 Å². The van der Waals surface area contributed by atoms with Crippen LogP contribution in [0.3, 0.4) is 0 Å². The summed E-state index contributed by atoms with van der Waals surface area (Å²) in [7, 11) is 0. The van der Waals surface area contributed by atoms with Crippen molar-refractivity contribution in [3.05, 3.63) is 124 Å². The van der Waals surface area contributed by atoms with E-state index in [1.165, 1.54) is 44.5 Å². The molecule has 5 rings (SSSR count). The van der Waals surface area contributed by atoms with Crippen molar-refractivity contribution in [1.29, 1.82) is 0 Å². The summed E-state index contributed by atoms with van der Waals surface area (Å²) in [6, 6.07) is 24.7. The lowest BCUT2D eigenvalue weighted by molar-refractivity contribution is 0.742. The van der Waals surface area contributed by atoms with E-state index in [4.69, 9.17) is 0 Å². The van der Waals surface area contributed by atoms with Crippen LogP contribution in [0.25, 0.3) is 17.2 Å². The van der Waals surface area contributed by atoms with E-state index in [0.29, 0.717) is 0 Å². The van der Waals surface area contributed by atoms with Crippen LogP contribution in [-0.2, 0) is 11.8 Å². The number of hydrogen-bond acceptors (Lipinski definition) is 0. The molecule has 3 aromatic carbocycles. The highest BCUT2D eigenvalue weighted by Crippen LogP contribution is 2.57. The first-order valence-electron chi connectivity index (χ1n) is 10.1. The molecule has 0 saturated carbocycles. The van der Waals surface area contributed by atoms with Gasteiger partial charge in [-0.2, -0.15) is 0 Å². The van der Waals surface area contributed by atoms with E-state index < -0.39 is 0 Å². The highest BCUT2D eigenvalue weighted by molar-refractivity contribution is 5.87. The molecule has 28 heavy (non-hydrogen) atoms. The zero-order valence-electron chi connectivity index (χ0n) is 16.4. The minimum absolute atomic E-state index is 0.257. The molecule has 0 heterocycles. The molecule has 0 atom stereocenters. The summed E-state index contributed by atoms with van der Waals surface area (Å²) in [4.78, 5) is 0. The van der Waals surface area contributed by atoms with Gasteiger partial charge in [0.05, 0.1) is 5.41 Å². The molecule has 0 saturated heterocycles. The lowest BCUT2D eigenvalue weighted by Crippen LogP contribution is -2.29. The Morgan fingerprint density at radius 3 is 2.00 bits per heavy atom. The van der Waals surface area contributed by atoms with E-state index >= 15 is 0 Å². The first-order chi connectivity index (χ1) is 13.8. The number of hydrogen-bond donors (Lipinski definition) is 0. The zero-order chi connectivity index (χ0) is 19.1. The summed E-state index contributed by atoms with van der Waals surface area (Å²) in [5.41, 5.74) is 10.7. The molecule has 0 heteroatoms. The Labute approximate surface area is 167 Å². The summed E-state index contributed by atoms with van der Waals surface area (Å²) < 4.78 is 0. The van der Waals surface area contributed by atoms with E-state index in [9.17, 15) is 0 Å². The van der Waals surface area contributed by atoms with Crippen LogP contribution in [0, 0.1) is 0 Å². The lowest BCUT2D eigenvalue weighted by atomic mass is 9.66. The normalized spacial score (nSPS) is 20.0. The van der Waals surface area contributed by atoms with Crippen molar-refractivity contribution < 1.29 is 0 Å². The second kappa shape index (κ2) is 6.49. The second-order valence-electron chi connectivity index (χ2n) is 7.67. The lowest BCUT2D eigenvalue weighted by Gasteiger charge is -2.36. The third-order valence-electron chi connectivity index (χ3n) is 6.36. The van der Waals surface area contributed by atoms with Crippen molar-refractivity contribution in [3.8, 4) is 11.1 Å². The largest absolute Gasteiger partial charge is 0.0679 e. The van der Waals surface area contributed by atoms with Gasteiger partial charge in [-0.15, -0.1) is 0 Å². The van der Waals surface area contributed by atoms with Crippen molar-refractivity contribution in [2.45, 2.75) is 25.7 Å². The molecule has 0 N–H and O–H groups in total. The monoisotopic (exact) mass is 360 g/mol. The SMILES string of the molecule is CCc1cccc2c1\C=C/C=C\C=C(/C)C21c2ccccc2-c2ccccc21. The molecule has 1 spiro atoms. The minimum Gasteiger partial charge on any atom is -0.0623 e. The van der Waals surface area contributed by atoms with E-state index in [1.54, 1.807) is 0 Å². The van der Waals surface area contributed by atoms with Gasteiger partial charge in [0.1, 0.15) is 0 Å². The summed E-state index contributed by atoms with van der Waals surface area (Å²) in [6.07, 6.45) is 12.1. The fourth-order valence-corrected chi connectivity index (χ4v) is 5.15. The Kier molecular flexibility index (Phi) is 3.94.